The largest absolute Gasteiger partial charge is 0.396 e. The standard InChI is InChI=1S/C14H25N3O2/c1-9(8-18)10(2)15-14(19)7-6-13-11(3)16-17(5)12(13)4/h9-10,18H,6-8H2,1-5H3,(H,15,19). The second-order valence-corrected chi connectivity index (χ2v) is 5.29. The Morgan fingerprint density at radius 3 is 2.53 bits per heavy atom. The number of hydrogen-bond donors (Lipinski definition) is 2. The highest BCUT2D eigenvalue weighted by molar-refractivity contribution is 5.76. The average Bonchev–Trinajstić information content (AvgIpc) is 2.60. The van der Waals surface area contributed by atoms with Gasteiger partial charge in [-0.15, -0.1) is 0 Å². The third-order valence-electron chi connectivity index (χ3n) is 3.79. The van der Waals surface area contributed by atoms with E-state index in [4.69, 9.17) is 5.11 Å². The van der Waals surface area contributed by atoms with Gasteiger partial charge in [-0.1, -0.05) is 6.92 Å². The molecule has 0 bridgehead atoms. The lowest BCUT2D eigenvalue weighted by Crippen LogP contribution is -2.38. The number of aliphatic hydroxyl groups excluding tert-OH is 1. The maximum Gasteiger partial charge on any atom is 0.220 e. The van der Waals surface area contributed by atoms with Gasteiger partial charge in [0.1, 0.15) is 0 Å². The smallest absolute Gasteiger partial charge is 0.220 e. The van der Waals surface area contributed by atoms with Crippen molar-refractivity contribution in [2.45, 2.75) is 46.6 Å². The van der Waals surface area contributed by atoms with Crippen LogP contribution in [0.25, 0.3) is 0 Å². The fourth-order valence-electron chi connectivity index (χ4n) is 2.04. The van der Waals surface area contributed by atoms with Crippen LogP contribution in [0.4, 0.5) is 0 Å². The van der Waals surface area contributed by atoms with Crippen molar-refractivity contribution >= 4 is 5.91 Å². The van der Waals surface area contributed by atoms with Gasteiger partial charge >= 0.3 is 0 Å². The molecule has 19 heavy (non-hydrogen) atoms. The van der Waals surface area contributed by atoms with Crippen LogP contribution in [0, 0.1) is 19.8 Å². The molecule has 1 rings (SSSR count). The Kier molecular flexibility index (Phi) is 5.54. The minimum atomic E-state index is -0.00593. The average molecular weight is 267 g/mol. The SMILES string of the molecule is Cc1nn(C)c(C)c1CCC(=O)NC(C)C(C)CO. The number of aromatic nitrogens is 2. The molecule has 0 saturated heterocycles. The quantitative estimate of drug-likeness (QED) is 0.811. The van der Waals surface area contributed by atoms with Crippen molar-refractivity contribution in [3.8, 4) is 0 Å². The number of aryl methyl sites for hydroxylation is 2. The lowest BCUT2D eigenvalue weighted by molar-refractivity contribution is -0.122. The second-order valence-electron chi connectivity index (χ2n) is 5.29. The summed E-state index contributed by atoms with van der Waals surface area (Å²) < 4.78 is 1.85. The lowest BCUT2D eigenvalue weighted by atomic mass is 10.0. The van der Waals surface area contributed by atoms with Gasteiger partial charge < -0.3 is 10.4 Å². The first-order chi connectivity index (χ1) is 8.86. The molecule has 108 valence electrons. The first kappa shape index (κ1) is 15.7. The van der Waals surface area contributed by atoms with Gasteiger partial charge in [0.25, 0.3) is 0 Å². The van der Waals surface area contributed by atoms with E-state index in [9.17, 15) is 4.79 Å². The molecule has 1 aromatic heterocycles. The number of nitrogens with one attached hydrogen (secondary N) is 1. The summed E-state index contributed by atoms with van der Waals surface area (Å²) in [7, 11) is 1.91. The van der Waals surface area contributed by atoms with E-state index in [0.29, 0.717) is 12.8 Å². The summed E-state index contributed by atoms with van der Waals surface area (Å²) in [6.07, 6.45) is 1.16. The van der Waals surface area contributed by atoms with E-state index in [1.807, 2.05) is 39.4 Å². The molecule has 2 N–H and O–H groups in total. The van der Waals surface area contributed by atoms with Gasteiger partial charge in [0.05, 0.1) is 5.69 Å². The first-order valence-corrected chi connectivity index (χ1v) is 6.76. The zero-order chi connectivity index (χ0) is 14.6. The Morgan fingerprint density at radius 2 is 2.05 bits per heavy atom. The molecule has 0 aliphatic carbocycles. The van der Waals surface area contributed by atoms with E-state index in [-0.39, 0.29) is 24.5 Å². The van der Waals surface area contributed by atoms with Crippen molar-refractivity contribution in [1.29, 1.82) is 0 Å². The summed E-state index contributed by atoms with van der Waals surface area (Å²) in [5, 5.41) is 16.3. The minimum absolute atomic E-state index is 0.00593. The second kappa shape index (κ2) is 6.70. The van der Waals surface area contributed by atoms with Gasteiger partial charge in [-0.3, -0.25) is 9.48 Å². The van der Waals surface area contributed by atoms with Crippen LogP contribution >= 0.6 is 0 Å². The molecular formula is C14H25N3O2. The van der Waals surface area contributed by atoms with Gasteiger partial charge in [0.2, 0.25) is 5.91 Å². The Labute approximate surface area is 115 Å². The summed E-state index contributed by atoms with van der Waals surface area (Å²) in [4.78, 5) is 11.9. The lowest BCUT2D eigenvalue weighted by Gasteiger charge is -2.19. The Morgan fingerprint density at radius 1 is 1.42 bits per heavy atom. The molecule has 0 saturated carbocycles. The Hall–Kier alpha value is -1.36. The molecular weight excluding hydrogens is 242 g/mol. The highest BCUT2D eigenvalue weighted by atomic mass is 16.3. The van der Waals surface area contributed by atoms with Gasteiger partial charge in [-0.25, -0.2) is 0 Å². The third-order valence-corrected chi connectivity index (χ3v) is 3.79. The molecule has 0 radical (unpaired) electrons. The van der Waals surface area contributed by atoms with E-state index in [2.05, 4.69) is 10.4 Å². The molecule has 1 amide bonds. The highest BCUT2D eigenvalue weighted by Crippen LogP contribution is 2.14. The molecule has 0 fully saturated rings. The first-order valence-electron chi connectivity index (χ1n) is 6.76. The summed E-state index contributed by atoms with van der Waals surface area (Å²) in [5.74, 6) is 0.0984. The molecule has 2 unspecified atom stereocenters. The van der Waals surface area contributed by atoms with Crippen molar-refractivity contribution < 1.29 is 9.90 Å². The minimum Gasteiger partial charge on any atom is -0.396 e. The van der Waals surface area contributed by atoms with Crippen molar-refractivity contribution in [1.82, 2.24) is 15.1 Å². The highest BCUT2D eigenvalue weighted by Gasteiger charge is 2.15. The van der Waals surface area contributed by atoms with Crippen molar-refractivity contribution in [2.75, 3.05) is 6.61 Å². The third kappa shape index (κ3) is 4.06. The van der Waals surface area contributed by atoms with E-state index in [1.165, 1.54) is 0 Å². The molecule has 0 aliphatic heterocycles. The molecule has 1 heterocycles. The van der Waals surface area contributed by atoms with E-state index >= 15 is 0 Å². The number of carbonyl (C=O) groups is 1. The molecule has 5 nitrogen and oxygen atoms in total. The van der Waals surface area contributed by atoms with E-state index in [1.54, 1.807) is 0 Å². The summed E-state index contributed by atoms with van der Waals surface area (Å²) in [5.41, 5.74) is 3.26. The fraction of sp³-hybridized carbons (Fsp3) is 0.714. The van der Waals surface area contributed by atoms with Crippen LogP contribution in [-0.4, -0.2) is 33.4 Å². The monoisotopic (exact) mass is 267 g/mol. The molecule has 0 aliphatic rings. The van der Waals surface area contributed by atoms with Crippen LogP contribution < -0.4 is 5.32 Å². The fourth-order valence-corrected chi connectivity index (χ4v) is 2.04. The number of carbonyl (C=O) groups excluding carboxylic acids is 1. The predicted molar refractivity (Wildman–Crippen MR) is 74.9 cm³/mol. The van der Waals surface area contributed by atoms with E-state index in [0.717, 1.165) is 17.0 Å². The van der Waals surface area contributed by atoms with Gasteiger partial charge in [0, 0.05) is 31.8 Å². The van der Waals surface area contributed by atoms with E-state index < -0.39 is 0 Å². The maximum atomic E-state index is 11.9. The number of rotatable bonds is 6. The van der Waals surface area contributed by atoms with Crippen LogP contribution in [0.3, 0.4) is 0 Å². The molecule has 0 spiro atoms. The number of hydrogen-bond acceptors (Lipinski definition) is 3. The Bertz CT molecular complexity index is 440. The number of nitrogens with zero attached hydrogens (tertiary/aromatic N) is 2. The zero-order valence-corrected chi connectivity index (χ0v) is 12.5. The van der Waals surface area contributed by atoms with Crippen LogP contribution in [-0.2, 0) is 18.3 Å². The van der Waals surface area contributed by atoms with Crippen LogP contribution in [0.2, 0.25) is 0 Å². The van der Waals surface area contributed by atoms with Crippen LogP contribution in [0.5, 0.6) is 0 Å². The molecule has 0 aromatic carbocycles. The predicted octanol–water partition coefficient (Wildman–Crippen LogP) is 1.10. The number of aliphatic hydroxyl groups is 1. The summed E-state index contributed by atoms with van der Waals surface area (Å²) in [6.45, 7) is 7.91. The zero-order valence-electron chi connectivity index (χ0n) is 12.5. The van der Waals surface area contributed by atoms with Crippen molar-refractivity contribution in [3.05, 3.63) is 17.0 Å². The van der Waals surface area contributed by atoms with Crippen LogP contribution in [0.15, 0.2) is 0 Å². The van der Waals surface area contributed by atoms with Crippen molar-refractivity contribution in [2.24, 2.45) is 13.0 Å². The summed E-state index contributed by atoms with van der Waals surface area (Å²) >= 11 is 0. The maximum absolute atomic E-state index is 11.9. The van der Waals surface area contributed by atoms with Gasteiger partial charge in [0.15, 0.2) is 0 Å². The summed E-state index contributed by atoms with van der Waals surface area (Å²) in [6, 6.07) is -0.00593. The molecule has 2 atom stereocenters. The van der Waals surface area contributed by atoms with Crippen molar-refractivity contribution in [3.63, 3.8) is 0 Å². The van der Waals surface area contributed by atoms with Crippen LogP contribution in [0.1, 0.15) is 37.2 Å². The molecule has 5 heteroatoms. The topological polar surface area (TPSA) is 67.2 Å². The number of amides is 1. The Balaban J connectivity index is 2.51. The normalized spacial score (nSPS) is 14.2. The molecule has 1 aromatic rings. The van der Waals surface area contributed by atoms with Gasteiger partial charge in [-0.2, -0.15) is 5.10 Å². The van der Waals surface area contributed by atoms with Gasteiger partial charge in [-0.05, 0) is 38.7 Å².